The van der Waals surface area contributed by atoms with Crippen LogP contribution < -0.4 is 10.3 Å². The molecule has 4 aliphatic rings. The van der Waals surface area contributed by atoms with Gasteiger partial charge in [0.05, 0.1) is 34.5 Å². The summed E-state index contributed by atoms with van der Waals surface area (Å²) in [5.74, 6) is -6.93. The minimum atomic E-state index is -1.52. The van der Waals surface area contributed by atoms with E-state index in [1.165, 1.54) is 17.0 Å². The van der Waals surface area contributed by atoms with E-state index in [9.17, 15) is 19.5 Å². The third-order valence-electron chi connectivity index (χ3n) is 10.8. The molecule has 6 atom stereocenters. The van der Waals surface area contributed by atoms with E-state index in [0.717, 1.165) is 15.0 Å². The van der Waals surface area contributed by atoms with Crippen LogP contribution in [-0.2, 0) is 24.6 Å². The Morgan fingerprint density at radius 2 is 1.57 bits per heavy atom. The Hall–Kier alpha value is -5.09. The smallest absolute Gasteiger partial charge is 0.260 e. The second kappa shape index (κ2) is 11.5. The molecular formula is C39H31BrFN3O5. The summed E-state index contributed by atoms with van der Waals surface area (Å²) < 4.78 is 16.0. The predicted molar refractivity (Wildman–Crippen MR) is 183 cm³/mol. The van der Waals surface area contributed by atoms with Gasteiger partial charge >= 0.3 is 0 Å². The van der Waals surface area contributed by atoms with Gasteiger partial charge in [-0.2, -0.15) is 5.01 Å². The number of benzene rings is 4. The minimum Gasteiger partial charge on any atom is -0.505 e. The number of hydrogen-bond donors (Lipinski definition) is 2. The Morgan fingerprint density at radius 3 is 2.27 bits per heavy atom. The highest BCUT2D eigenvalue weighted by Crippen LogP contribution is 2.64. The van der Waals surface area contributed by atoms with E-state index < -0.39 is 58.4 Å². The van der Waals surface area contributed by atoms with Gasteiger partial charge in [0.2, 0.25) is 11.8 Å². The van der Waals surface area contributed by atoms with Crippen LogP contribution in [-0.4, -0.2) is 33.7 Å². The first kappa shape index (κ1) is 31.2. The van der Waals surface area contributed by atoms with E-state index in [4.69, 9.17) is 0 Å². The molecular weight excluding hydrogens is 689 g/mol. The molecule has 4 aromatic rings. The topological polar surface area (TPSA) is 107 Å². The molecule has 6 unspecified atom stereocenters. The highest BCUT2D eigenvalue weighted by Gasteiger charge is 2.70. The third-order valence-corrected chi connectivity index (χ3v) is 11.3. The summed E-state index contributed by atoms with van der Waals surface area (Å²) in [7, 11) is 0. The molecule has 2 saturated heterocycles. The van der Waals surface area contributed by atoms with E-state index in [2.05, 4.69) is 21.4 Å². The van der Waals surface area contributed by atoms with Crippen LogP contribution in [0, 0.1) is 36.4 Å². The number of carbonyl (C=O) groups is 4. The summed E-state index contributed by atoms with van der Waals surface area (Å²) in [6, 6.07) is 27.3. The summed E-state index contributed by atoms with van der Waals surface area (Å²) in [5, 5.41) is 11.3. The molecule has 2 heterocycles. The van der Waals surface area contributed by atoms with Gasteiger partial charge in [-0.05, 0) is 85.3 Å². The molecule has 4 amide bonds. The maximum Gasteiger partial charge on any atom is 0.260 e. The number of aryl methyl sites for hydroxylation is 1. The van der Waals surface area contributed by atoms with Crippen molar-refractivity contribution in [3.8, 4) is 5.75 Å². The lowest BCUT2D eigenvalue weighted by molar-refractivity contribution is -0.138. The van der Waals surface area contributed by atoms with Crippen LogP contribution >= 0.6 is 15.9 Å². The third kappa shape index (κ3) is 4.60. The van der Waals surface area contributed by atoms with Gasteiger partial charge in [-0.25, -0.2) is 4.39 Å². The molecule has 3 fully saturated rings. The number of allylic oxidation sites excluding steroid dienone is 2. The molecule has 0 radical (unpaired) electrons. The lowest BCUT2D eigenvalue weighted by Crippen LogP contribution is -2.53. The molecule has 8 nitrogen and oxygen atoms in total. The Bertz CT molecular complexity index is 2070. The van der Waals surface area contributed by atoms with Crippen molar-refractivity contribution in [2.24, 2.45) is 23.7 Å². The number of nitrogens with zero attached hydrogens (tertiary/aromatic N) is 2. The van der Waals surface area contributed by atoms with Crippen molar-refractivity contribution in [2.75, 3.05) is 10.3 Å². The van der Waals surface area contributed by atoms with E-state index in [-0.39, 0.29) is 24.7 Å². The number of amides is 4. The summed E-state index contributed by atoms with van der Waals surface area (Å²) >= 11 is 3.41. The highest BCUT2D eigenvalue weighted by atomic mass is 79.9. The highest BCUT2D eigenvalue weighted by molar-refractivity contribution is 9.10. The van der Waals surface area contributed by atoms with Gasteiger partial charge in [-0.1, -0.05) is 81.7 Å². The Labute approximate surface area is 290 Å². The van der Waals surface area contributed by atoms with Crippen LogP contribution in [0.1, 0.15) is 35.4 Å². The molecule has 1 saturated carbocycles. The summed E-state index contributed by atoms with van der Waals surface area (Å²) in [4.78, 5) is 59.3. The summed E-state index contributed by atoms with van der Waals surface area (Å²) in [6.45, 7) is 1.94. The number of carbonyl (C=O) groups excluding carboxylic acids is 4. The van der Waals surface area contributed by atoms with Crippen molar-refractivity contribution in [2.45, 2.75) is 31.1 Å². The molecule has 8 rings (SSSR count). The standard InChI is InChI=1S/C39H31BrFN3O5/c1-21-7-12-25(13-8-21)42-44-36(47)30-20-29-27(16-17-28-33(29)37(48)43(35(28)46)26-14-10-24(40)11-15-26)34(22-9-18-32(45)31(41)19-22)39(30,38(44)49)23-5-3-2-4-6-23/h2-16,18-19,28-30,33-34,42,45H,17,20H2,1H3. The number of rotatable bonds is 5. The van der Waals surface area contributed by atoms with Crippen molar-refractivity contribution in [3.63, 3.8) is 0 Å². The zero-order valence-electron chi connectivity index (χ0n) is 26.3. The number of nitrogens with one attached hydrogen (secondary N) is 1. The van der Waals surface area contributed by atoms with Crippen molar-refractivity contribution in [3.05, 3.63) is 136 Å². The first-order valence-corrected chi connectivity index (χ1v) is 17.0. The zero-order valence-corrected chi connectivity index (χ0v) is 27.9. The molecule has 4 aromatic carbocycles. The Balaban J connectivity index is 1.32. The van der Waals surface area contributed by atoms with Gasteiger partial charge in [0.25, 0.3) is 11.8 Å². The Morgan fingerprint density at radius 1 is 0.857 bits per heavy atom. The number of imide groups is 2. The predicted octanol–water partition coefficient (Wildman–Crippen LogP) is 6.79. The lowest BCUT2D eigenvalue weighted by atomic mass is 9.49. The van der Waals surface area contributed by atoms with Crippen molar-refractivity contribution < 1.29 is 28.7 Å². The minimum absolute atomic E-state index is 0.128. The zero-order chi connectivity index (χ0) is 34.2. The summed E-state index contributed by atoms with van der Waals surface area (Å²) in [6.07, 6.45) is 2.29. The van der Waals surface area contributed by atoms with Gasteiger partial charge < -0.3 is 5.11 Å². The molecule has 10 heteroatoms. The van der Waals surface area contributed by atoms with E-state index >= 15 is 9.18 Å². The van der Waals surface area contributed by atoms with Crippen LogP contribution in [0.25, 0.3) is 0 Å². The number of phenolic OH excluding ortho intramolecular Hbond substituents is 1. The number of fused-ring (bicyclic) bond motifs is 4. The summed E-state index contributed by atoms with van der Waals surface area (Å²) in [5.41, 5.74) is 5.22. The second-order valence-electron chi connectivity index (χ2n) is 13.3. The van der Waals surface area contributed by atoms with E-state index in [1.54, 1.807) is 54.6 Å². The molecule has 0 aromatic heterocycles. The van der Waals surface area contributed by atoms with Crippen molar-refractivity contribution in [1.29, 1.82) is 0 Å². The monoisotopic (exact) mass is 719 g/mol. The van der Waals surface area contributed by atoms with Gasteiger partial charge in [0.15, 0.2) is 11.6 Å². The number of hydrazine groups is 1. The van der Waals surface area contributed by atoms with Crippen LogP contribution in [0.2, 0.25) is 0 Å². The first-order valence-electron chi connectivity index (χ1n) is 16.2. The largest absolute Gasteiger partial charge is 0.505 e. The lowest BCUT2D eigenvalue weighted by Gasteiger charge is -2.50. The molecule has 2 N–H and O–H groups in total. The fourth-order valence-corrected chi connectivity index (χ4v) is 8.93. The van der Waals surface area contributed by atoms with E-state index in [1.807, 2.05) is 43.3 Å². The van der Waals surface area contributed by atoms with E-state index in [0.29, 0.717) is 28.1 Å². The molecule has 2 aliphatic heterocycles. The number of anilines is 2. The molecule has 0 bridgehead atoms. The number of halogens is 2. The van der Waals surface area contributed by atoms with Crippen LogP contribution in [0.4, 0.5) is 15.8 Å². The van der Waals surface area contributed by atoms with Gasteiger partial charge in [-0.3, -0.25) is 29.5 Å². The maximum atomic E-state index is 15.2. The average Bonchev–Trinajstić information content (AvgIpc) is 3.48. The Kier molecular flexibility index (Phi) is 7.33. The van der Waals surface area contributed by atoms with Gasteiger partial charge in [0, 0.05) is 10.4 Å². The molecule has 2 aliphatic carbocycles. The van der Waals surface area contributed by atoms with Crippen LogP contribution in [0.15, 0.2) is 113 Å². The van der Waals surface area contributed by atoms with Crippen LogP contribution in [0.3, 0.4) is 0 Å². The fraction of sp³-hybridized carbons (Fsp3) is 0.231. The number of hydrogen-bond acceptors (Lipinski definition) is 6. The van der Waals surface area contributed by atoms with Crippen molar-refractivity contribution in [1.82, 2.24) is 5.01 Å². The molecule has 49 heavy (non-hydrogen) atoms. The first-order chi connectivity index (χ1) is 23.6. The maximum absolute atomic E-state index is 15.2. The van der Waals surface area contributed by atoms with Crippen LogP contribution in [0.5, 0.6) is 5.75 Å². The molecule has 0 spiro atoms. The average molecular weight is 721 g/mol. The molecule has 246 valence electrons. The quantitative estimate of drug-likeness (QED) is 0.174. The normalized spacial score (nSPS) is 27.5. The second-order valence-corrected chi connectivity index (χ2v) is 14.2. The fourth-order valence-electron chi connectivity index (χ4n) is 8.67. The number of aromatic hydroxyl groups is 1. The number of phenols is 1. The SMILES string of the molecule is Cc1ccc(NN2C(=O)C3CC4C(=CCC5C(=O)N(c6ccc(Br)cc6)C(=O)C54)C(c4ccc(O)c(F)c4)C3(c3ccccc3)C2=O)cc1. The van der Waals surface area contributed by atoms with Crippen molar-refractivity contribution >= 4 is 50.9 Å². The van der Waals surface area contributed by atoms with Gasteiger partial charge in [0.1, 0.15) is 0 Å². The van der Waals surface area contributed by atoms with Gasteiger partial charge in [-0.15, -0.1) is 0 Å².